The summed E-state index contributed by atoms with van der Waals surface area (Å²) in [5.41, 5.74) is 1.34. The SMILES string of the molecule is CCOC[C@]1(O)CC[C@@]2(CCN(c3ccc(C(C)(C)C)cc3)C2=O)CC1. The number of rotatable bonds is 4. The molecule has 0 unspecified atom stereocenters. The number of hydrogen-bond acceptors (Lipinski definition) is 3. The van der Waals surface area contributed by atoms with Crippen molar-refractivity contribution in [3.8, 4) is 0 Å². The highest BCUT2D eigenvalue weighted by Crippen LogP contribution is 2.48. The normalized spacial score (nSPS) is 29.6. The summed E-state index contributed by atoms with van der Waals surface area (Å²) in [4.78, 5) is 15.1. The van der Waals surface area contributed by atoms with E-state index in [9.17, 15) is 9.90 Å². The molecule has 3 rings (SSSR count). The zero-order valence-electron chi connectivity index (χ0n) is 16.7. The number of carbonyl (C=O) groups excluding carboxylic acids is 1. The number of benzene rings is 1. The first-order chi connectivity index (χ1) is 12.2. The average Bonchev–Trinajstić information content (AvgIpc) is 2.92. The number of nitrogens with zero attached hydrogens (tertiary/aromatic N) is 1. The van der Waals surface area contributed by atoms with Crippen LogP contribution in [0, 0.1) is 5.41 Å². The molecule has 1 aliphatic heterocycles. The van der Waals surface area contributed by atoms with E-state index in [2.05, 4.69) is 45.0 Å². The van der Waals surface area contributed by atoms with Gasteiger partial charge in [0.2, 0.25) is 5.91 Å². The first-order valence-electron chi connectivity index (χ1n) is 9.92. The van der Waals surface area contributed by atoms with Gasteiger partial charge < -0.3 is 14.7 Å². The number of anilines is 1. The lowest BCUT2D eigenvalue weighted by atomic mass is 9.68. The van der Waals surface area contributed by atoms with E-state index in [1.807, 2.05) is 11.8 Å². The minimum absolute atomic E-state index is 0.114. The van der Waals surface area contributed by atoms with Gasteiger partial charge in [0.15, 0.2) is 0 Å². The Balaban J connectivity index is 1.69. The molecule has 1 saturated carbocycles. The largest absolute Gasteiger partial charge is 0.387 e. The van der Waals surface area contributed by atoms with E-state index in [1.165, 1.54) is 5.56 Å². The first-order valence-corrected chi connectivity index (χ1v) is 9.92. The molecule has 1 spiro atoms. The van der Waals surface area contributed by atoms with E-state index in [4.69, 9.17) is 4.74 Å². The third-order valence-electron chi connectivity index (χ3n) is 6.27. The molecule has 1 amide bonds. The van der Waals surface area contributed by atoms with Gasteiger partial charge in [-0.15, -0.1) is 0 Å². The topological polar surface area (TPSA) is 49.8 Å². The van der Waals surface area contributed by atoms with Crippen molar-refractivity contribution in [2.45, 2.75) is 70.8 Å². The zero-order chi connectivity index (χ0) is 19.0. The van der Waals surface area contributed by atoms with Crippen LogP contribution in [0.25, 0.3) is 0 Å². The standard InChI is InChI=1S/C22H33NO3/c1-5-26-16-22(25)12-10-21(11-13-22)14-15-23(19(21)24)18-8-6-17(7-9-18)20(2,3)4/h6-9,25H,5,10-16H2,1-4H3/t21-,22-. The van der Waals surface area contributed by atoms with Gasteiger partial charge in [0.1, 0.15) is 0 Å². The molecule has 4 heteroatoms. The molecule has 2 fully saturated rings. The van der Waals surface area contributed by atoms with Crippen molar-refractivity contribution in [2.75, 3.05) is 24.7 Å². The summed E-state index contributed by atoms with van der Waals surface area (Å²) in [5, 5.41) is 10.7. The fourth-order valence-corrected chi connectivity index (χ4v) is 4.30. The molecule has 0 radical (unpaired) electrons. The molecule has 0 atom stereocenters. The lowest BCUT2D eigenvalue weighted by Gasteiger charge is -2.40. The smallest absolute Gasteiger partial charge is 0.233 e. The molecule has 1 aromatic carbocycles. The van der Waals surface area contributed by atoms with E-state index >= 15 is 0 Å². The molecule has 26 heavy (non-hydrogen) atoms. The van der Waals surface area contributed by atoms with Crippen molar-refractivity contribution in [1.29, 1.82) is 0 Å². The second-order valence-electron chi connectivity index (χ2n) is 9.15. The van der Waals surface area contributed by atoms with Gasteiger partial charge in [0, 0.05) is 18.8 Å². The predicted octanol–water partition coefficient (Wildman–Crippen LogP) is 4.05. The van der Waals surface area contributed by atoms with E-state index in [0.717, 1.165) is 31.5 Å². The highest BCUT2D eigenvalue weighted by Gasteiger charge is 2.51. The Hall–Kier alpha value is -1.39. The van der Waals surface area contributed by atoms with Crippen molar-refractivity contribution in [2.24, 2.45) is 5.41 Å². The van der Waals surface area contributed by atoms with Crippen LogP contribution in [0.2, 0.25) is 0 Å². The van der Waals surface area contributed by atoms with E-state index < -0.39 is 5.60 Å². The van der Waals surface area contributed by atoms with E-state index in [0.29, 0.717) is 26.1 Å². The molecule has 144 valence electrons. The lowest BCUT2D eigenvalue weighted by Crippen LogP contribution is -2.45. The van der Waals surface area contributed by atoms with Gasteiger partial charge in [0.05, 0.1) is 17.6 Å². The number of hydrogen-bond donors (Lipinski definition) is 1. The summed E-state index contributed by atoms with van der Waals surface area (Å²) >= 11 is 0. The Morgan fingerprint density at radius 2 is 1.69 bits per heavy atom. The van der Waals surface area contributed by atoms with Crippen LogP contribution < -0.4 is 4.90 Å². The quantitative estimate of drug-likeness (QED) is 0.882. The fourth-order valence-electron chi connectivity index (χ4n) is 4.30. The van der Waals surface area contributed by atoms with Crippen LogP contribution >= 0.6 is 0 Å². The Kier molecular flexibility index (Phi) is 5.19. The maximum Gasteiger partial charge on any atom is 0.233 e. The van der Waals surface area contributed by atoms with Crippen LogP contribution in [-0.2, 0) is 14.9 Å². The van der Waals surface area contributed by atoms with E-state index in [1.54, 1.807) is 0 Å². The van der Waals surface area contributed by atoms with Crippen molar-refractivity contribution < 1.29 is 14.6 Å². The summed E-state index contributed by atoms with van der Waals surface area (Å²) in [6, 6.07) is 8.42. The molecule has 4 nitrogen and oxygen atoms in total. The maximum atomic E-state index is 13.2. The highest BCUT2D eigenvalue weighted by atomic mass is 16.5. The second-order valence-corrected chi connectivity index (χ2v) is 9.15. The van der Waals surface area contributed by atoms with Crippen molar-refractivity contribution >= 4 is 11.6 Å². The molecular formula is C22H33NO3. The molecule has 1 N–H and O–H groups in total. The number of ether oxygens (including phenoxy) is 1. The number of aliphatic hydroxyl groups is 1. The first kappa shape index (κ1) is 19.4. The summed E-state index contributed by atoms with van der Waals surface area (Å²) < 4.78 is 5.44. The van der Waals surface area contributed by atoms with Crippen LogP contribution in [-0.4, -0.2) is 36.4 Å². The van der Waals surface area contributed by atoms with E-state index in [-0.39, 0.29) is 16.7 Å². The number of carbonyl (C=O) groups is 1. The highest BCUT2D eigenvalue weighted by molar-refractivity contribution is 6.00. The van der Waals surface area contributed by atoms with Gasteiger partial charge in [-0.25, -0.2) is 0 Å². The van der Waals surface area contributed by atoms with Gasteiger partial charge in [0.25, 0.3) is 0 Å². The Labute approximate surface area is 157 Å². The summed E-state index contributed by atoms with van der Waals surface area (Å²) in [6.45, 7) is 10.3. The fraction of sp³-hybridized carbons (Fsp3) is 0.682. The summed E-state index contributed by atoms with van der Waals surface area (Å²) in [6.07, 6.45) is 3.70. The average molecular weight is 360 g/mol. The van der Waals surface area contributed by atoms with Crippen LogP contribution in [0.1, 0.15) is 65.4 Å². The van der Waals surface area contributed by atoms with Crippen molar-refractivity contribution in [3.05, 3.63) is 29.8 Å². The van der Waals surface area contributed by atoms with Crippen molar-refractivity contribution in [3.63, 3.8) is 0 Å². The lowest BCUT2D eigenvalue weighted by molar-refractivity contribution is -0.133. The molecule has 0 bridgehead atoms. The monoisotopic (exact) mass is 359 g/mol. The van der Waals surface area contributed by atoms with Crippen LogP contribution in [0.5, 0.6) is 0 Å². The van der Waals surface area contributed by atoms with Crippen molar-refractivity contribution in [1.82, 2.24) is 0 Å². The molecule has 1 saturated heterocycles. The van der Waals surface area contributed by atoms with Gasteiger partial charge in [-0.1, -0.05) is 32.9 Å². The Morgan fingerprint density at radius 1 is 1.08 bits per heavy atom. The Morgan fingerprint density at radius 3 is 2.23 bits per heavy atom. The maximum absolute atomic E-state index is 13.2. The third-order valence-corrected chi connectivity index (χ3v) is 6.27. The van der Waals surface area contributed by atoms with Gasteiger partial charge >= 0.3 is 0 Å². The molecule has 1 aliphatic carbocycles. The molecule has 0 aromatic heterocycles. The predicted molar refractivity (Wildman–Crippen MR) is 104 cm³/mol. The molecule has 2 aliphatic rings. The minimum atomic E-state index is -0.761. The Bertz CT molecular complexity index is 636. The minimum Gasteiger partial charge on any atom is -0.387 e. The molecular weight excluding hydrogens is 326 g/mol. The molecule has 1 aromatic rings. The summed E-state index contributed by atoms with van der Waals surface area (Å²) in [7, 11) is 0. The van der Waals surface area contributed by atoms with Crippen LogP contribution in [0.15, 0.2) is 24.3 Å². The number of amides is 1. The molecule has 1 heterocycles. The van der Waals surface area contributed by atoms with Gasteiger partial charge in [-0.05, 0) is 62.1 Å². The second kappa shape index (κ2) is 6.97. The van der Waals surface area contributed by atoms with Crippen LogP contribution in [0.4, 0.5) is 5.69 Å². The van der Waals surface area contributed by atoms with Crippen LogP contribution in [0.3, 0.4) is 0 Å². The van der Waals surface area contributed by atoms with Gasteiger partial charge in [-0.3, -0.25) is 4.79 Å². The third kappa shape index (κ3) is 3.67. The summed E-state index contributed by atoms with van der Waals surface area (Å²) in [5.74, 6) is 0.236. The van der Waals surface area contributed by atoms with Gasteiger partial charge in [-0.2, -0.15) is 0 Å². The zero-order valence-corrected chi connectivity index (χ0v) is 16.7.